The van der Waals surface area contributed by atoms with Gasteiger partial charge in [0.2, 0.25) is 0 Å². The number of ether oxygens (including phenoxy) is 1. The number of halogens is 1. The second kappa shape index (κ2) is 5.47. The summed E-state index contributed by atoms with van der Waals surface area (Å²) in [7, 11) is 1.72. The van der Waals surface area contributed by atoms with Crippen molar-refractivity contribution in [2.75, 3.05) is 12.4 Å². The molecule has 0 heterocycles. The predicted molar refractivity (Wildman–Crippen MR) is 63.9 cm³/mol. The van der Waals surface area contributed by atoms with Crippen molar-refractivity contribution in [2.24, 2.45) is 5.41 Å². The zero-order valence-electron chi connectivity index (χ0n) is 9.93. The first-order chi connectivity index (χ1) is 6.31. The van der Waals surface area contributed by atoms with Crippen LogP contribution in [0.2, 0.25) is 0 Å². The molecule has 0 spiro atoms. The lowest BCUT2D eigenvalue weighted by Crippen LogP contribution is -2.40. The van der Waals surface area contributed by atoms with Crippen LogP contribution < -0.4 is 0 Å². The molecule has 0 amide bonds. The number of rotatable bonds is 6. The van der Waals surface area contributed by atoms with Gasteiger partial charge < -0.3 is 9.84 Å². The first-order valence-electron chi connectivity index (χ1n) is 5.10. The van der Waals surface area contributed by atoms with Gasteiger partial charge in [0.1, 0.15) is 0 Å². The van der Waals surface area contributed by atoms with Crippen molar-refractivity contribution in [1.82, 2.24) is 0 Å². The molecule has 2 nitrogen and oxygen atoms in total. The number of hydrogen-bond donors (Lipinski definition) is 1. The summed E-state index contributed by atoms with van der Waals surface area (Å²) in [6, 6.07) is 0. The maximum atomic E-state index is 9.93. The van der Waals surface area contributed by atoms with Crippen molar-refractivity contribution in [3.05, 3.63) is 0 Å². The molecule has 1 unspecified atom stereocenters. The third-order valence-electron chi connectivity index (χ3n) is 3.14. The summed E-state index contributed by atoms with van der Waals surface area (Å²) in [6.45, 7) is 8.33. The second-order valence-corrected chi connectivity index (χ2v) is 5.47. The first-order valence-corrected chi connectivity index (χ1v) is 6.22. The van der Waals surface area contributed by atoms with Crippen molar-refractivity contribution >= 4 is 15.9 Å². The standard InChI is InChI=1S/C11H23BrO2/c1-6-11(4,9(13)7-12)8-10(2,3)14-5/h9,13H,6-8H2,1-5H3/t9-,11?/m0/s1. The van der Waals surface area contributed by atoms with Gasteiger partial charge in [0.25, 0.3) is 0 Å². The predicted octanol–water partition coefficient (Wildman–Crippen LogP) is 2.97. The van der Waals surface area contributed by atoms with Crippen LogP contribution in [0.4, 0.5) is 0 Å². The molecule has 0 rings (SSSR count). The lowest BCUT2D eigenvalue weighted by atomic mass is 9.74. The number of aliphatic hydroxyl groups is 1. The van der Waals surface area contributed by atoms with E-state index in [2.05, 4.69) is 43.6 Å². The van der Waals surface area contributed by atoms with E-state index in [1.807, 2.05) is 0 Å². The second-order valence-electron chi connectivity index (χ2n) is 4.82. The highest BCUT2D eigenvalue weighted by Crippen LogP contribution is 2.37. The van der Waals surface area contributed by atoms with E-state index in [0.717, 1.165) is 12.8 Å². The molecule has 0 aromatic carbocycles. The van der Waals surface area contributed by atoms with Crippen LogP contribution in [0, 0.1) is 5.41 Å². The molecular formula is C11H23BrO2. The normalized spacial score (nSPS) is 19.1. The van der Waals surface area contributed by atoms with E-state index >= 15 is 0 Å². The van der Waals surface area contributed by atoms with Crippen LogP contribution in [0.15, 0.2) is 0 Å². The molecule has 0 saturated heterocycles. The van der Waals surface area contributed by atoms with Crippen molar-refractivity contribution in [1.29, 1.82) is 0 Å². The highest BCUT2D eigenvalue weighted by atomic mass is 79.9. The summed E-state index contributed by atoms with van der Waals surface area (Å²) >= 11 is 3.33. The smallest absolute Gasteiger partial charge is 0.0691 e. The fourth-order valence-electron chi connectivity index (χ4n) is 1.71. The molecule has 0 saturated carbocycles. The number of hydrogen-bond acceptors (Lipinski definition) is 2. The average Bonchev–Trinajstić information content (AvgIpc) is 2.15. The van der Waals surface area contributed by atoms with Gasteiger partial charge in [-0.25, -0.2) is 0 Å². The van der Waals surface area contributed by atoms with E-state index in [1.165, 1.54) is 0 Å². The minimum atomic E-state index is -0.318. The SMILES string of the molecule is CCC(C)(CC(C)(C)OC)[C@@H](O)CBr. The van der Waals surface area contributed by atoms with Gasteiger partial charge in [0, 0.05) is 12.4 Å². The Morgan fingerprint density at radius 1 is 1.36 bits per heavy atom. The Kier molecular flexibility index (Phi) is 5.63. The summed E-state index contributed by atoms with van der Waals surface area (Å²) in [5.41, 5.74) is -0.253. The lowest BCUT2D eigenvalue weighted by Gasteiger charge is -2.39. The van der Waals surface area contributed by atoms with Crippen LogP contribution in [0.1, 0.15) is 40.5 Å². The third-order valence-corrected chi connectivity index (χ3v) is 3.75. The molecule has 3 heteroatoms. The van der Waals surface area contributed by atoms with Crippen LogP contribution in [0.3, 0.4) is 0 Å². The molecule has 0 aliphatic carbocycles. The van der Waals surface area contributed by atoms with Crippen molar-refractivity contribution in [3.8, 4) is 0 Å². The fourth-order valence-corrected chi connectivity index (χ4v) is 2.49. The molecule has 0 radical (unpaired) electrons. The summed E-state index contributed by atoms with van der Waals surface area (Å²) in [5, 5.41) is 10.6. The molecule has 0 aliphatic heterocycles. The topological polar surface area (TPSA) is 29.5 Å². The van der Waals surface area contributed by atoms with E-state index in [0.29, 0.717) is 5.33 Å². The van der Waals surface area contributed by atoms with Crippen molar-refractivity contribution in [3.63, 3.8) is 0 Å². The van der Waals surface area contributed by atoms with Gasteiger partial charge >= 0.3 is 0 Å². The van der Waals surface area contributed by atoms with Crippen LogP contribution in [0.5, 0.6) is 0 Å². The van der Waals surface area contributed by atoms with E-state index in [9.17, 15) is 5.11 Å². The zero-order chi connectivity index (χ0) is 11.4. The molecule has 0 aromatic heterocycles. The molecule has 1 N–H and O–H groups in total. The Morgan fingerprint density at radius 3 is 2.14 bits per heavy atom. The third kappa shape index (κ3) is 3.87. The quantitative estimate of drug-likeness (QED) is 0.750. The molecular weight excluding hydrogens is 244 g/mol. The monoisotopic (exact) mass is 266 g/mol. The Bertz CT molecular complexity index is 171. The van der Waals surface area contributed by atoms with Gasteiger partial charge in [-0.2, -0.15) is 0 Å². The van der Waals surface area contributed by atoms with Gasteiger partial charge in [-0.15, -0.1) is 0 Å². The van der Waals surface area contributed by atoms with Crippen LogP contribution in [0.25, 0.3) is 0 Å². The first kappa shape index (κ1) is 14.4. The van der Waals surface area contributed by atoms with Crippen molar-refractivity contribution in [2.45, 2.75) is 52.2 Å². The van der Waals surface area contributed by atoms with Gasteiger partial charge in [-0.3, -0.25) is 0 Å². The molecule has 0 aliphatic rings. The molecule has 2 atom stereocenters. The van der Waals surface area contributed by atoms with Gasteiger partial charge in [0.05, 0.1) is 11.7 Å². The van der Waals surface area contributed by atoms with E-state index in [1.54, 1.807) is 7.11 Å². The van der Waals surface area contributed by atoms with Crippen LogP contribution in [-0.4, -0.2) is 29.3 Å². The number of aliphatic hydroxyl groups excluding tert-OH is 1. The number of methoxy groups -OCH3 is 1. The summed E-state index contributed by atoms with van der Waals surface area (Å²) < 4.78 is 5.40. The Labute approximate surface area is 96.2 Å². The number of alkyl halides is 1. The fraction of sp³-hybridized carbons (Fsp3) is 1.00. The van der Waals surface area contributed by atoms with E-state index in [4.69, 9.17) is 4.74 Å². The summed E-state index contributed by atoms with van der Waals surface area (Å²) in [6.07, 6.45) is 1.49. The molecule has 86 valence electrons. The van der Waals surface area contributed by atoms with Gasteiger partial charge in [-0.05, 0) is 32.1 Å². The van der Waals surface area contributed by atoms with Gasteiger partial charge in [0.15, 0.2) is 0 Å². The van der Waals surface area contributed by atoms with E-state index in [-0.39, 0.29) is 17.1 Å². The Morgan fingerprint density at radius 2 is 1.86 bits per heavy atom. The average molecular weight is 267 g/mol. The highest BCUT2D eigenvalue weighted by molar-refractivity contribution is 9.09. The Hall–Kier alpha value is 0.400. The van der Waals surface area contributed by atoms with Crippen molar-refractivity contribution < 1.29 is 9.84 Å². The van der Waals surface area contributed by atoms with Crippen LogP contribution >= 0.6 is 15.9 Å². The maximum absolute atomic E-state index is 9.93. The maximum Gasteiger partial charge on any atom is 0.0691 e. The molecule has 14 heavy (non-hydrogen) atoms. The van der Waals surface area contributed by atoms with Crippen LogP contribution in [-0.2, 0) is 4.74 Å². The minimum absolute atomic E-state index is 0.0803. The lowest BCUT2D eigenvalue weighted by molar-refractivity contribution is -0.0527. The molecule has 0 bridgehead atoms. The summed E-state index contributed by atoms with van der Waals surface area (Å²) in [5.74, 6) is 0. The summed E-state index contributed by atoms with van der Waals surface area (Å²) in [4.78, 5) is 0. The largest absolute Gasteiger partial charge is 0.392 e. The highest BCUT2D eigenvalue weighted by Gasteiger charge is 2.36. The van der Waals surface area contributed by atoms with Gasteiger partial charge in [-0.1, -0.05) is 29.8 Å². The van der Waals surface area contributed by atoms with E-state index < -0.39 is 0 Å². The Balaban J connectivity index is 4.54. The molecule has 0 aromatic rings. The molecule has 0 fully saturated rings. The minimum Gasteiger partial charge on any atom is -0.392 e. The zero-order valence-corrected chi connectivity index (χ0v) is 11.5.